The molecule has 2 saturated heterocycles. The first-order valence-corrected chi connectivity index (χ1v) is 9.79. The minimum atomic E-state index is -0.241. The fourth-order valence-electron chi connectivity index (χ4n) is 3.41. The molecule has 0 bridgehead atoms. The van der Waals surface area contributed by atoms with Crippen LogP contribution in [0.15, 0.2) is 29.2 Å². The third-order valence-electron chi connectivity index (χ3n) is 4.73. The molecule has 0 radical (unpaired) electrons. The maximum Gasteiger partial charge on any atom is 0.236 e. The van der Waals surface area contributed by atoms with Gasteiger partial charge in [0.2, 0.25) is 11.8 Å². The highest BCUT2D eigenvalue weighted by atomic mass is 32.2. The number of hydrogen-bond acceptors (Lipinski definition) is 4. The molecule has 2 aliphatic heterocycles. The van der Waals surface area contributed by atoms with Crippen molar-refractivity contribution in [1.82, 2.24) is 15.1 Å². The van der Waals surface area contributed by atoms with Gasteiger partial charge in [-0.05, 0) is 25.0 Å². The molecule has 2 amide bonds. The SMILES string of the molecule is O=C(CCSc1ccccc1F)N1CCCC(N2CCNCC2=O)C1. The van der Waals surface area contributed by atoms with Crippen LogP contribution in [0.1, 0.15) is 19.3 Å². The fraction of sp³-hybridized carbons (Fsp3) is 0.556. The van der Waals surface area contributed by atoms with Crippen LogP contribution >= 0.6 is 11.8 Å². The predicted octanol–water partition coefficient (Wildman–Crippen LogP) is 1.73. The summed E-state index contributed by atoms with van der Waals surface area (Å²) in [6, 6.07) is 6.76. The quantitative estimate of drug-likeness (QED) is 0.808. The Hall–Kier alpha value is -1.60. The highest BCUT2D eigenvalue weighted by molar-refractivity contribution is 7.99. The van der Waals surface area contributed by atoms with Gasteiger partial charge in [-0.1, -0.05) is 12.1 Å². The average Bonchev–Trinajstić information content (AvgIpc) is 2.64. The van der Waals surface area contributed by atoms with E-state index in [0.29, 0.717) is 36.7 Å². The van der Waals surface area contributed by atoms with E-state index in [2.05, 4.69) is 5.32 Å². The number of carbonyl (C=O) groups excluding carboxylic acids is 2. The summed E-state index contributed by atoms with van der Waals surface area (Å²) in [6.45, 7) is 3.29. The molecule has 0 aromatic heterocycles. The molecule has 0 aliphatic carbocycles. The van der Waals surface area contributed by atoms with Gasteiger partial charge < -0.3 is 15.1 Å². The lowest BCUT2D eigenvalue weighted by atomic mass is 10.0. The van der Waals surface area contributed by atoms with E-state index in [1.165, 1.54) is 17.8 Å². The zero-order valence-electron chi connectivity index (χ0n) is 14.2. The molecule has 2 fully saturated rings. The van der Waals surface area contributed by atoms with Crippen molar-refractivity contribution < 1.29 is 14.0 Å². The summed E-state index contributed by atoms with van der Waals surface area (Å²) in [5.41, 5.74) is 0. The monoisotopic (exact) mass is 365 g/mol. The second kappa shape index (κ2) is 8.67. The maximum atomic E-state index is 13.6. The van der Waals surface area contributed by atoms with Gasteiger partial charge in [0.1, 0.15) is 5.82 Å². The number of halogens is 1. The largest absolute Gasteiger partial charge is 0.341 e. The van der Waals surface area contributed by atoms with Gasteiger partial charge in [-0.25, -0.2) is 4.39 Å². The zero-order valence-corrected chi connectivity index (χ0v) is 15.1. The Morgan fingerprint density at radius 3 is 2.96 bits per heavy atom. The summed E-state index contributed by atoms with van der Waals surface area (Å²) in [5, 5.41) is 3.08. The minimum absolute atomic E-state index is 0.0936. The van der Waals surface area contributed by atoms with Crippen molar-refractivity contribution in [3.05, 3.63) is 30.1 Å². The fourth-order valence-corrected chi connectivity index (χ4v) is 4.29. The van der Waals surface area contributed by atoms with Crippen molar-refractivity contribution in [2.45, 2.75) is 30.2 Å². The third-order valence-corrected chi connectivity index (χ3v) is 5.78. The number of piperidine rings is 1. The molecular formula is C18H24FN3O2S. The summed E-state index contributed by atoms with van der Waals surface area (Å²) < 4.78 is 13.6. The highest BCUT2D eigenvalue weighted by Crippen LogP contribution is 2.23. The second-order valence-electron chi connectivity index (χ2n) is 6.43. The molecule has 1 N–H and O–H groups in total. The number of thioether (sulfide) groups is 1. The first kappa shape index (κ1) is 18.2. The molecule has 1 aromatic carbocycles. The van der Waals surface area contributed by atoms with E-state index >= 15 is 0 Å². The Morgan fingerprint density at radius 1 is 1.32 bits per heavy atom. The zero-order chi connectivity index (χ0) is 17.6. The third kappa shape index (κ3) is 4.73. The smallest absolute Gasteiger partial charge is 0.236 e. The van der Waals surface area contributed by atoms with Gasteiger partial charge in [-0.15, -0.1) is 11.8 Å². The van der Waals surface area contributed by atoms with Gasteiger partial charge in [0.05, 0.1) is 6.54 Å². The van der Waals surface area contributed by atoms with E-state index in [-0.39, 0.29) is 23.7 Å². The van der Waals surface area contributed by atoms with Gasteiger partial charge in [0.15, 0.2) is 0 Å². The molecule has 3 rings (SSSR count). The normalized spacial score (nSPS) is 21.5. The Balaban J connectivity index is 1.48. The summed E-state index contributed by atoms with van der Waals surface area (Å²) in [4.78, 5) is 28.9. The Kier molecular flexibility index (Phi) is 6.31. The average molecular weight is 365 g/mol. The number of hydrogen-bond donors (Lipinski definition) is 1. The van der Waals surface area contributed by atoms with Crippen LogP contribution in [0.2, 0.25) is 0 Å². The van der Waals surface area contributed by atoms with E-state index in [4.69, 9.17) is 0 Å². The number of carbonyl (C=O) groups is 2. The lowest BCUT2D eigenvalue weighted by molar-refractivity contribution is -0.140. The lowest BCUT2D eigenvalue weighted by Crippen LogP contribution is -2.57. The maximum absolute atomic E-state index is 13.6. The molecule has 5 nitrogen and oxygen atoms in total. The van der Waals surface area contributed by atoms with Crippen molar-refractivity contribution in [1.29, 1.82) is 0 Å². The molecule has 1 aromatic rings. The number of amides is 2. The van der Waals surface area contributed by atoms with E-state index in [1.807, 2.05) is 9.80 Å². The van der Waals surface area contributed by atoms with Crippen LogP contribution in [-0.4, -0.2) is 66.1 Å². The molecule has 2 heterocycles. The summed E-state index contributed by atoms with van der Waals surface area (Å²) in [5.74, 6) is 0.542. The molecule has 1 unspecified atom stereocenters. The number of nitrogens with zero attached hydrogens (tertiary/aromatic N) is 2. The molecule has 0 saturated carbocycles. The van der Waals surface area contributed by atoms with Crippen LogP contribution in [-0.2, 0) is 9.59 Å². The Labute approximate surface area is 151 Å². The number of rotatable bonds is 5. The van der Waals surface area contributed by atoms with E-state index in [0.717, 1.165) is 25.9 Å². The molecule has 0 spiro atoms. The van der Waals surface area contributed by atoms with Crippen molar-refractivity contribution in [3.63, 3.8) is 0 Å². The highest BCUT2D eigenvalue weighted by Gasteiger charge is 2.31. The number of benzene rings is 1. The first-order valence-electron chi connectivity index (χ1n) is 8.80. The minimum Gasteiger partial charge on any atom is -0.341 e. The topological polar surface area (TPSA) is 52.7 Å². The summed E-state index contributed by atoms with van der Waals surface area (Å²) in [6.07, 6.45) is 2.27. The molecular weight excluding hydrogens is 341 g/mol. The van der Waals surface area contributed by atoms with Crippen LogP contribution in [0.4, 0.5) is 4.39 Å². The van der Waals surface area contributed by atoms with Crippen molar-refractivity contribution in [2.75, 3.05) is 38.5 Å². The van der Waals surface area contributed by atoms with Crippen molar-refractivity contribution in [2.24, 2.45) is 0 Å². The summed E-state index contributed by atoms with van der Waals surface area (Å²) in [7, 11) is 0. The molecule has 2 aliphatic rings. The van der Waals surface area contributed by atoms with Gasteiger partial charge in [0, 0.05) is 49.3 Å². The van der Waals surface area contributed by atoms with Crippen LogP contribution in [0.25, 0.3) is 0 Å². The van der Waals surface area contributed by atoms with Crippen molar-refractivity contribution in [3.8, 4) is 0 Å². The second-order valence-corrected chi connectivity index (χ2v) is 7.57. The molecule has 7 heteroatoms. The van der Waals surface area contributed by atoms with Gasteiger partial charge >= 0.3 is 0 Å². The van der Waals surface area contributed by atoms with E-state index in [9.17, 15) is 14.0 Å². The van der Waals surface area contributed by atoms with Crippen LogP contribution < -0.4 is 5.32 Å². The summed E-state index contributed by atoms with van der Waals surface area (Å²) >= 11 is 1.37. The molecule has 1 atom stereocenters. The van der Waals surface area contributed by atoms with E-state index in [1.54, 1.807) is 18.2 Å². The van der Waals surface area contributed by atoms with Crippen LogP contribution in [0, 0.1) is 5.82 Å². The first-order chi connectivity index (χ1) is 12.1. The number of likely N-dealkylation sites (tertiary alicyclic amines) is 1. The number of piperazine rings is 1. The molecule has 25 heavy (non-hydrogen) atoms. The Morgan fingerprint density at radius 2 is 2.16 bits per heavy atom. The van der Waals surface area contributed by atoms with Gasteiger partial charge in [0.25, 0.3) is 0 Å². The number of nitrogens with one attached hydrogen (secondary N) is 1. The Bertz CT molecular complexity index is 628. The van der Waals surface area contributed by atoms with Crippen LogP contribution in [0.3, 0.4) is 0 Å². The van der Waals surface area contributed by atoms with Gasteiger partial charge in [-0.3, -0.25) is 9.59 Å². The van der Waals surface area contributed by atoms with Crippen LogP contribution in [0.5, 0.6) is 0 Å². The van der Waals surface area contributed by atoms with Crippen molar-refractivity contribution >= 4 is 23.6 Å². The predicted molar refractivity (Wildman–Crippen MR) is 95.9 cm³/mol. The lowest BCUT2D eigenvalue weighted by Gasteiger charge is -2.41. The standard InChI is InChI=1S/C18H24FN3O2S/c19-15-5-1-2-6-16(15)25-11-7-17(23)21-9-3-4-14(13-21)22-10-8-20-12-18(22)24/h1-2,5-6,14,20H,3-4,7-13H2. The van der Waals surface area contributed by atoms with Gasteiger partial charge in [-0.2, -0.15) is 0 Å². The molecule has 136 valence electrons. The van der Waals surface area contributed by atoms with E-state index < -0.39 is 0 Å².